The van der Waals surface area contributed by atoms with E-state index in [1.54, 1.807) is 18.3 Å². The van der Waals surface area contributed by atoms with Crippen LogP contribution >= 0.6 is 15.9 Å². The van der Waals surface area contributed by atoms with Gasteiger partial charge in [0, 0.05) is 6.07 Å². The zero-order valence-electron chi connectivity index (χ0n) is 7.61. The minimum Gasteiger partial charge on any atom is -0.484 e. The number of halogens is 2. The second kappa shape index (κ2) is 4.44. The monoisotopic (exact) mass is 271 g/mol. The Morgan fingerprint density at radius 2 is 2.27 bits per heavy atom. The van der Waals surface area contributed by atoms with E-state index in [-0.39, 0.29) is 12.4 Å². The molecule has 78 valence electrons. The van der Waals surface area contributed by atoms with E-state index in [0.717, 1.165) is 0 Å². The van der Waals surface area contributed by atoms with Gasteiger partial charge in [0.25, 0.3) is 0 Å². The molecule has 5 heteroatoms. The van der Waals surface area contributed by atoms with Crippen molar-refractivity contribution in [2.75, 3.05) is 0 Å². The first-order valence-electron chi connectivity index (χ1n) is 4.23. The quantitative estimate of drug-likeness (QED) is 0.860. The molecule has 0 saturated heterocycles. The third kappa shape index (κ3) is 2.56. The molecule has 0 bridgehead atoms. The van der Waals surface area contributed by atoms with Crippen LogP contribution in [0.25, 0.3) is 0 Å². The van der Waals surface area contributed by atoms with Gasteiger partial charge >= 0.3 is 0 Å². The van der Waals surface area contributed by atoms with Crippen molar-refractivity contribution >= 4 is 15.9 Å². The molecule has 0 aliphatic carbocycles. The van der Waals surface area contributed by atoms with Crippen molar-refractivity contribution in [3.63, 3.8) is 0 Å². The van der Waals surface area contributed by atoms with Crippen LogP contribution in [0.5, 0.6) is 5.75 Å². The lowest BCUT2D eigenvalue weighted by atomic mass is 10.3. The van der Waals surface area contributed by atoms with Gasteiger partial charge in [0.05, 0.1) is 10.7 Å². The Balaban J connectivity index is 2.05. The number of rotatable bonds is 3. The van der Waals surface area contributed by atoms with Gasteiger partial charge in [0.1, 0.15) is 18.2 Å². The lowest BCUT2D eigenvalue weighted by Crippen LogP contribution is -1.94. The van der Waals surface area contributed by atoms with Crippen molar-refractivity contribution in [1.82, 2.24) is 5.16 Å². The van der Waals surface area contributed by atoms with E-state index in [0.29, 0.717) is 16.0 Å². The lowest BCUT2D eigenvalue weighted by molar-refractivity contribution is 0.248. The molecule has 0 atom stereocenters. The minimum absolute atomic E-state index is 0.268. The van der Waals surface area contributed by atoms with Crippen LogP contribution < -0.4 is 4.74 Å². The summed E-state index contributed by atoms with van der Waals surface area (Å²) in [6.07, 6.45) is 1.54. The molecule has 0 radical (unpaired) electrons. The Morgan fingerprint density at radius 3 is 2.93 bits per heavy atom. The highest BCUT2D eigenvalue weighted by molar-refractivity contribution is 9.10. The van der Waals surface area contributed by atoms with E-state index in [1.807, 2.05) is 0 Å². The summed E-state index contributed by atoms with van der Waals surface area (Å²) < 4.78 is 23.6. The van der Waals surface area contributed by atoms with Crippen LogP contribution in [0.15, 0.2) is 39.5 Å². The molecular formula is C10H7BrFNO2. The number of benzene rings is 1. The predicted molar refractivity (Wildman–Crippen MR) is 54.9 cm³/mol. The number of ether oxygens (including phenoxy) is 1. The molecule has 0 saturated carbocycles. The summed E-state index contributed by atoms with van der Waals surface area (Å²) in [6, 6.07) is 5.93. The number of hydrogen-bond acceptors (Lipinski definition) is 3. The zero-order valence-corrected chi connectivity index (χ0v) is 9.20. The van der Waals surface area contributed by atoms with Crippen molar-refractivity contribution in [3.8, 4) is 5.75 Å². The molecule has 3 nitrogen and oxygen atoms in total. The average Bonchev–Trinajstić information content (AvgIpc) is 2.69. The van der Waals surface area contributed by atoms with E-state index in [2.05, 4.69) is 21.1 Å². The van der Waals surface area contributed by atoms with E-state index in [1.165, 1.54) is 12.1 Å². The van der Waals surface area contributed by atoms with Gasteiger partial charge < -0.3 is 9.26 Å². The van der Waals surface area contributed by atoms with Crippen LogP contribution in [0, 0.1) is 5.82 Å². The SMILES string of the molecule is Fc1ccc(OCc2ccno2)c(Br)c1. The van der Waals surface area contributed by atoms with Gasteiger partial charge in [0.15, 0.2) is 5.76 Å². The molecule has 1 aromatic heterocycles. The fourth-order valence-corrected chi connectivity index (χ4v) is 1.52. The fourth-order valence-electron chi connectivity index (χ4n) is 1.06. The van der Waals surface area contributed by atoms with Crippen molar-refractivity contribution in [2.24, 2.45) is 0 Å². The summed E-state index contributed by atoms with van der Waals surface area (Å²) in [5, 5.41) is 3.54. The summed E-state index contributed by atoms with van der Waals surface area (Å²) in [4.78, 5) is 0. The second-order valence-electron chi connectivity index (χ2n) is 2.84. The summed E-state index contributed by atoms with van der Waals surface area (Å²) in [5.74, 6) is 0.868. The lowest BCUT2D eigenvalue weighted by Gasteiger charge is -2.05. The predicted octanol–water partition coefficient (Wildman–Crippen LogP) is 3.16. The van der Waals surface area contributed by atoms with Crippen LogP contribution in [-0.2, 0) is 6.61 Å². The van der Waals surface area contributed by atoms with Crippen LogP contribution in [-0.4, -0.2) is 5.16 Å². The van der Waals surface area contributed by atoms with Gasteiger partial charge in [0.2, 0.25) is 0 Å². The maximum Gasteiger partial charge on any atom is 0.174 e. The van der Waals surface area contributed by atoms with Gasteiger partial charge in [-0.15, -0.1) is 0 Å². The standard InChI is InChI=1S/C10H7BrFNO2/c11-9-5-7(12)1-2-10(9)14-6-8-3-4-13-15-8/h1-5H,6H2. The maximum atomic E-state index is 12.7. The number of aromatic nitrogens is 1. The molecule has 0 N–H and O–H groups in total. The molecule has 2 aromatic rings. The van der Waals surface area contributed by atoms with Gasteiger partial charge in [-0.1, -0.05) is 5.16 Å². The average molecular weight is 272 g/mol. The second-order valence-corrected chi connectivity index (χ2v) is 3.70. The first-order chi connectivity index (χ1) is 7.25. The summed E-state index contributed by atoms with van der Waals surface area (Å²) in [7, 11) is 0. The van der Waals surface area contributed by atoms with Gasteiger partial charge in [-0.25, -0.2) is 4.39 Å². The van der Waals surface area contributed by atoms with Crippen molar-refractivity contribution in [3.05, 3.63) is 46.5 Å². The maximum absolute atomic E-state index is 12.7. The largest absolute Gasteiger partial charge is 0.484 e. The molecule has 0 unspecified atom stereocenters. The molecule has 0 amide bonds. The Hall–Kier alpha value is -1.36. The molecule has 0 spiro atoms. The fraction of sp³-hybridized carbons (Fsp3) is 0.100. The first-order valence-corrected chi connectivity index (χ1v) is 5.02. The Kier molecular flexibility index (Phi) is 3.01. The van der Waals surface area contributed by atoms with Crippen molar-refractivity contribution in [2.45, 2.75) is 6.61 Å². The van der Waals surface area contributed by atoms with Crippen LogP contribution in [0.3, 0.4) is 0 Å². The Bertz CT molecular complexity index is 445. The third-order valence-corrected chi connectivity index (χ3v) is 2.37. The Labute approximate surface area is 94.0 Å². The van der Waals surface area contributed by atoms with E-state index in [4.69, 9.17) is 9.26 Å². The van der Waals surface area contributed by atoms with Gasteiger partial charge in [-0.05, 0) is 34.1 Å². The molecule has 0 fully saturated rings. The van der Waals surface area contributed by atoms with E-state index >= 15 is 0 Å². The highest BCUT2D eigenvalue weighted by Crippen LogP contribution is 2.26. The Morgan fingerprint density at radius 1 is 1.40 bits per heavy atom. The molecule has 1 aromatic carbocycles. The topological polar surface area (TPSA) is 35.3 Å². The number of hydrogen-bond donors (Lipinski definition) is 0. The van der Waals surface area contributed by atoms with Crippen LogP contribution in [0.1, 0.15) is 5.76 Å². The highest BCUT2D eigenvalue weighted by Gasteiger charge is 2.04. The molecule has 2 rings (SSSR count). The smallest absolute Gasteiger partial charge is 0.174 e. The molecule has 0 aliphatic heterocycles. The zero-order chi connectivity index (χ0) is 10.7. The minimum atomic E-state index is -0.311. The molecular weight excluding hydrogens is 265 g/mol. The first kappa shape index (κ1) is 10.2. The molecule has 15 heavy (non-hydrogen) atoms. The molecule has 0 aliphatic rings. The number of nitrogens with zero attached hydrogens (tertiary/aromatic N) is 1. The van der Waals surface area contributed by atoms with Crippen molar-refractivity contribution < 1.29 is 13.7 Å². The summed E-state index contributed by atoms with van der Waals surface area (Å²) in [5.41, 5.74) is 0. The van der Waals surface area contributed by atoms with E-state index in [9.17, 15) is 4.39 Å². The van der Waals surface area contributed by atoms with Crippen molar-refractivity contribution in [1.29, 1.82) is 0 Å². The van der Waals surface area contributed by atoms with Crippen LogP contribution in [0.4, 0.5) is 4.39 Å². The normalized spacial score (nSPS) is 10.3. The van der Waals surface area contributed by atoms with Gasteiger partial charge in [-0.2, -0.15) is 0 Å². The summed E-state index contributed by atoms with van der Waals surface area (Å²) >= 11 is 3.20. The summed E-state index contributed by atoms with van der Waals surface area (Å²) in [6.45, 7) is 0.268. The third-order valence-electron chi connectivity index (χ3n) is 1.76. The van der Waals surface area contributed by atoms with E-state index < -0.39 is 0 Å². The molecule has 1 heterocycles. The highest BCUT2D eigenvalue weighted by atomic mass is 79.9. The van der Waals surface area contributed by atoms with Gasteiger partial charge in [-0.3, -0.25) is 0 Å². The van der Waals surface area contributed by atoms with Crippen LogP contribution in [0.2, 0.25) is 0 Å².